The fraction of sp³-hybridized carbons (Fsp3) is 0.417. The number of ether oxygens (including phenoxy) is 2. The molecule has 1 saturated heterocycles. The zero-order chi connectivity index (χ0) is 22.3. The van der Waals surface area contributed by atoms with E-state index >= 15 is 0 Å². The van der Waals surface area contributed by atoms with Crippen LogP contribution < -0.4 is 20.1 Å². The van der Waals surface area contributed by atoms with Crippen molar-refractivity contribution < 1.29 is 19.1 Å². The van der Waals surface area contributed by atoms with Crippen LogP contribution in [0, 0.1) is 0 Å². The predicted octanol–water partition coefficient (Wildman–Crippen LogP) is 3.69. The highest BCUT2D eigenvalue weighted by Crippen LogP contribution is 2.30. The van der Waals surface area contributed by atoms with Gasteiger partial charge in [-0.2, -0.15) is 0 Å². The normalized spacial score (nSPS) is 17.8. The molecule has 0 spiro atoms. The molecule has 0 saturated carbocycles. The van der Waals surface area contributed by atoms with E-state index in [1.807, 2.05) is 42.5 Å². The number of carbonyl (C=O) groups is 2. The Kier molecular flexibility index (Phi) is 7.80. The Morgan fingerprint density at radius 2 is 1.81 bits per heavy atom. The first-order valence-electron chi connectivity index (χ1n) is 10.5. The summed E-state index contributed by atoms with van der Waals surface area (Å²) in [5.41, 5.74) is 1.77. The van der Waals surface area contributed by atoms with Gasteiger partial charge in [-0.15, -0.1) is 0 Å². The molecule has 1 atom stereocenters. The lowest BCUT2D eigenvalue weighted by Gasteiger charge is -2.29. The van der Waals surface area contributed by atoms with Crippen molar-refractivity contribution in [1.29, 1.82) is 0 Å². The minimum absolute atomic E-state index is 0.0166. The van der Waals surface area contributed by atoms with Gasteiger partial charge in [0.05, 0.1) is 14.2 Å². The number of amides is 2. The van der Waals surface area contributed by atoms with Crippen molar-refractivity contribution in [3.8, 4) is 11.5 Å². The van der Waals surface area contributed by atoms with Crippen LogP contribution in [0.5, 0.6) is 11.5 Å². The van der Waals surface area contributed by atoms with E-state index in [1.54, 1.807) is 14.2 Å². The van der Waals surface area contributed by atoms with Gasteiger partial charge >= 0.3 is 0 Å². The second-order valence-electron chi connectivity index (χ2n) is 7.92. The molecule has 1 heterocycles. The molecule has 7 heteroatoms. The molecule has 0 aromatic heterocycles. The molecule has 2 amide bonds. The number of benzene rings is 2. The Balaban J connectivity index is 1.51. The molecule has 1 aliphatic rings. The fourth-order valence-electron chi connectivity index (χ4n) is 4.00. The molecule has 31 heavy (non-hydrogen) atoms. The van der Waals surface area contributed by atoms with Crippen molar-refractivity contribution in [3.63, 3.8) is 0 Å². The Bertz CT molecular complexity index is 916. The van der Waals surface area contributed by atoms with Gasteiger partial charge in [0.2, 0.25) is 11.8 Å². The summed E-state index contributed by atoms with van der Waals surface area (Å²) in [6.45, 7) is 0.533. The van der Waals surface area contributed by atoms with Gasteiger partial charge in [-0.05, 0) is 61.1 Å². The summed E-state index contributed by atoms with van der Waals surface area (Å²) in [5, 5.41) is 6.78. The standard InChI is InChI=1S/C24H29ClN2O4/c1-30-20-8-5-17(15-21(20)31-2)11-14-26-22(28)9-12-24(13-10-23(29)27-24)16-18-3-6-19(25)7-4-18/h3-8,15H,9-14,16H2,1-2H3,(H,26,28)(H,27,29)/t24-/m0/s1. The van der Waals surface area contributed by atoms with Crippen LogP contribution in [0.15, 0.2) is 42.5 Å². The molecule has 2 aromatic carbocycles. The lowest BCUT2D eigenvalue weighted by molar-refractivity contribution is -0.122. The molecule has 3 rings (SSSR count). The Hall–Kier alpha value is -2.73. The molecular weight excluding hydrogens is 416 g/mol. The molecule has 166 valence electrons. The fourth-order valence-corrected chi connectivity index (χ4v) is 4.12. The van der Waals surface area contributed by atoms with Crippen LogP contribution >= 0.6 is 11.6 Å². The van der Waals surface area contributed by atoms with Crippen LogP contribution in [-0.4, -0.2) is 38.1 Å². The van der Waals surface area contributed by atoms with Crippen LogP contribution in [0.3, 0.4) is 0 Å². The molecule has 0 radical (unpaired) electrons. The van der Waals surface area contributed by atoms with Gasteiger partial charge in [0.1, 0.15) is 0 Å². The maximum atomic E-state index is 12.4. The van der Waals surface area contributed by atoms with E-state index in [2.05, 4.69) is 10.6 Å². The number of nitrogens with one attached hydrogen (secondary N) is 2. The van der Waals surface area contributed by atoms with Crippen molar-refractivity contribution in [2.45, 2.75) is 44.1 Å². The summed E-state index contributed by atoms with van der Waals surface area (Å²) in [6.07, 6.45) is 3.57. The molecule has 0 unspecified atom stereocenters. The number of halogens is 1. The maximum Gasteiger partial charge on any atom is 0.220 e. The minimum Gasteiger partial charge on any atom is -0.493 e. The zero-order valence-electron chi connectivity index (χ0n) is 18.0. The van der Waals surface area contributed by atoms with E-state index in [4.69, 9.17) is 21.1 Å². The predicted molar refractivity (Wildman–Crippen MR) is 121 cm³/mol. The monoisotopic (exact) mass is 444 g/mol. The first-order chi connectivity index (χ1) is 14.9. The van der Waals surface area contributed by atoms with Gasteiger partial charge in [-0.1, -0.05) is 29.8 Å². The number of rotatable bonds is 10. The van der Waals surface area contributed by atoms with Crippen molar-refractivity contribution in [3.05, 3.63) is 58.6 Å². The summed E-state index contributed by atoms with van der Waals surface area (Å²) in [6, 6.07) is 13.4. The highest BCUT2D eigenvalue weighted by Gasteiger charge is 2.37. The van der Waals surface area contributed by atoms with E-state index in [1.165, 1.54) is 0 Å². The minimum atomic E-state index is -0.383. The highest BCUT2D eigenvalue weighted by molar-refractivity contribution is 6.30. The van der Waals surface area contributed by atoms with Gasteiger partial charge < -0.3 is 20.1 Å². The first kappa shape index (κ1) is 22.9. The number of hydrogen-bond acceptors (Lipinski definition) is 4. The Labute approximate surface area is 188 Å². The lowest BCUT2D eigenvalue weighted by Crippen LogP contribution is -2.44. The molecule has 6 nitrogen and oxygen atoms in total. The van der Waals surface area contributed by atoms with Crippen LogP contribution in [0.1, 0.15) is 36.8 Å². The van der Waals surface area contributed by atoms with Crippen LogP contribution in [0.25, 0.3) is 0 Å². The Morgan fingerprint density at radius 1 is 1.10 bits per heavy atom. The summed E-state index contributed by atoms with van der Waals surface area (Å²) in [5.74, 6) is 1.38. The average molecular weight is 445 g/mol. The SMILES string of the molecule is COc1ccc(CCNC(=O)CC[C@@]2(Cc3ccc(Cl)cc3)CCC(=O)N2)cc1OC. The number of methoxy groups -OCH3 is 2. The van der Waals surface area contributed by atoms with E-state index in [9.17, 15) is 9.59 Å². The van der Waals surface area contributed by atoms with Crippen LogP contribution in [-0.2, 0) is 22.4 Å². The van der Waals surface area contributed by atoms with E-state index in [-0.39, 0.29) is 17.4 Å². The summed E-state index contributed by atoms with van der Waals surface area (Å²) >= 11 is 5.98. The second kappa shape index (κ2) is 10.5. The van der Waals surface area contributed by atoms with Crippen molar-refractivity contribution in [1.82, 2.24) is 10.6 Å². The third-order valence-electron chi connectivity index (χ3n) is 5.71. The van der Waals surface area contributed by atoms with E-state index in [0.717, 1.165) is 17.5 Å². The smallest absolute Gasteiger partial charge is 0.220 e. The largest absolute Gasteiger partial charge is 0.493 e. The quantitative estimate of drug-likeness (QED) is 0.586. The molecule has 2 N–H and O–H groups in total. The maximum absolute atomic E-state index is 12.4. The third-order valence-corrected chi connectivity index (χ3v) is 5.96. The highest BCUT2D eigenvalue weighted by atomic mass is 35.5. The topological polar surface area (TPSA) is 76.7 Å². The third kappa shape index (κ3) is 6.37. The van der Waals surface area contributed by atoms with Crippen LogP contribution in [0.2, 0.25) is 5.02 Å². The first-order valence-corrected chi connectivity index (χ1v) is 10.8. The van der Waals surface area contributed by atoms with Crippen molar-refractivity contribution in [2.24, 2.45) is 0 Å². The van der Waals surface area contributed by atoms with E-state index < -0.39 is 0 Å². The summed E-state index contributed by atoms with van der Waals surface area (Å²) in [4.78, 5) is 24.4. The number of carbonyl (C=O) groups excluding carboxylic acids is 2. The molecule has 0 aliphatic carbocycles. The molecule has 1 aliphatic heterocycles. The molecule has 0 bridgehead atoms. The van der Waals surface area contributed by atoms with Gasteiger partial charge in [-0.25, -0.2) is 0 Å². The average Bonchev–Trinajstić information content (AvgIpc) is 3.14. The van der Waals surface area contributed by atoms with Gasteiger partial charge in [0.15, 0.2) is 11.5 Å². The van der Waals surface area contributed by atoms with Gasteiger partial charge in [0, 0.05) is 29.9 Å². The van der Waals surface area contributed by atoms with Gasteiger partial charge in [-0.3, -0.25) is 9.59 Å². The zero-order valence-corrected chi connectivity index (χ0v) is 18.8. The van der Waals surface area contributed by atoms with Crippen molar-refractivity contribution >= 4 is 23.4 Å². The summed E-state index contributed by atoms with van der Waals surface area (Å²) < 4.78 is 10.6. The molecular formula is C24H29ClN2O4. The Morgan fingerprint density at radius 3 is 2.45 bits per heavy atom. The summed E-state index contributed by atoms with van der Waals surface area (Å²) in [7, 11) is 3.20. The van der Waals surface area contributed by atoms with Gasteiger partial charge in [0.25, 0.3) is 0 Å². The second-order valence-corrected chi connectivity index (χ2v) is 8.36. The van der Waals surface area contributed by atoms with Crippen molar-refractivity contribution in [2.75, 3.05) is 20.8 Å². The van der Waals surface area contributed by atoms with Crippen LogP contribution in [0.4, 0.5) is 0 Å². The number of hydrogen-bond donors (Lipinski definition) is 2. The van der Waals surface area contributed by atoms with E-state index in [0.29, 0.717) is 55.2 Å². The lowest BCUT2D eigenvalue weighted by atomic mass is 9.85. The molecule has 2 aromatic rings. The molecule has 1 fully saturated rings.